The summed E-state index contributed by atoms with van der Waals surface area (Å²) in [5.41, 5.74) is 2.70. The maximum absolute atomic E-state index is 5.51. The summed E-state index contributed by atoms with van der Waals surface area (Å²) in [6, 6.07) is 0. The molecule has 0 aromatic carbocycles. The predicted molar refractivity (Wildman–Crippen MR) is 75.7 cm³/mol. The predicted octanol–water partition coefficient (Wildman–Crippen LogP) is 1.28. The van der Waals surface area contributed by atoms with Crippen LogP contribution in [0.4, 0.5) is 0 Å². The molecule has 1 heterocycles. The molecule has 0 aromatic rings. The molecular formula is C11H18ILiO4. The maximum atomic E-state index is 5.51. The Morgan fingerprint density at radius 2 is 1.53 bits per heavy atom. The van der Waals surface area contributed by atoms with E-state index in [0.29, 0.717) is 46.2 Å². The van der Waals surface area contributed by atoms with Crippen LogP contribution in [-0.4, -0.2) is 66.6 Å². The Bertz CT molecular complexity index is 198. The molecule has 94 valence electrons. The van der Waals surface area contributed by atoms with Crippen molar-refractivity contribution in [3.8, 4) is 0 Å². The zero-order valence-electron chi connectivity index (χ0n) is 10.3. The Labute approximate surface area is 123 Å². The molecule has 0 N–H and O–H groups in total. The average Bonchev–Trinajstić information content (AvgIpc) is 2.35. The van der Waals surface area contributed by atoms with Crippen molar-refractivity contribution in [3.63, 3.8) is 0 Å². The van der Waals surface area contributed by atoms with Crippen LogP contribution in [-0.2, 0) is 18.9 Å². The molecule has 4 nitrogen and oxygen atoms in total. The molecule has 0 amide bonds. The SMILES string of the molecule is C=C=CC1COCCOCCOCCO1.[Li][I]. The second-order valence-corrected chi connectivity index (χ2v) is 3.08. The van der Waals surface area contributed by atoms with E-state index in [2.05, 4.69) is 32.2 Å². The molecule has 1 saturated heterocycles. The monoisotopic (exact) mass is 348 g/mol. The van der Waals surface area contributed by atoms with Crippen LogP contribution in [0.5, 0.6) is 0 Å². The zero-order chi connectivity index (χ0) is 12.8. The molecule has 1 unspecified atom stereocenters. The molecule has 0 saturated carbocycles. The van der Waals surface area contributed by atoms with E-state index in [-0.39, 0.29) is 6.10 Å². The fourth-order valence-electron chi connectivity index (χ4n) is 1.17. The summed E-state index contributed by atoms with van der Waals surface area (Å²) in [6.07, 6.45) is 1.66. The van der Waals surface area contributed by atoms with Crippen LogP contribution >= 0.6 is 19.9 Å². The van der Waals surface area contributed by atoms with Crippen molar-refractivity contribution >= 4 is 34.2 Å². The number of ether oxygens (including phenoxy) is 4. The quantitative estimate of drug-likeness (QED) is 0.407. The van der Waals surface area contributed by atoms with Crippen LogP contribution in [0.3, 0.4) is 0 Å². The standard InChI is InChI=1S/C11H18O4.HI.Li/c1-2-3-11-10-14-7-6-12-4-5-13-8-9-15-11;;/h3,11H,1,4-10H2;1H;/q;;+1/p-1. The molecule has 1 aliphatic rings. The minimum absolute atomic E-state index is 0.0921. The van der Waals surface area contributed by atoms with Crippen LogP contribution in [0.25, 0.3) is 0 Å². The third kappa shape index (κ3) is 11.5. The van der Waals surface area contributed by atoms with Gasteiger partial charge in [-0.3, -0.25) is 0 Å². The molecule has 17 heavy (non-hydrogen) atoms. The van der Waals surface area contributed by atoms with E-state index in [1.165, 1.54) is 0 Å². The van der Waals surface area contributed by atoms with Gasteiger partial charge >= 0.3 is 34.2 Å². The van der Waals surface area contributed by atoms with Crippen LogP contribution in [0, 0.1) is 0 Å². The summed E-state index contributed by atoms with van der Waals surface area (Å²) in [5, 5.41) is 0. The molecule has 0 spiro atoms. The van der Waals surface area contributed by atoms with Gasteiger partial charge in [0.05, 0.1) is 46.2 Å². The minimum atomic E-state index is -0.0921. The molecule has 6 heteroatoms. The average molecular weight is 348 g/mol. The van der Waals surface area contributed by atoms with Gasteiger partial charge in [-0.05, 0) is 6.08 Å². The van der Waals surface area contributed by atoms with Crippen LogP contribution < -0.4 is 0 Å². The van der Waals surface area contributed by atoms with E-state index < -0.39 is 0 Å². The van der Waals surface area contributed by atoms with Gasteiger partial charge in [0.15, 0.2) is 0 Å². The first-order chi connectivity index (χ1) is 8.43. The zero-order valence-corrected chi connectivity index (χ0v) is 12.5. The molecule has 1 rings (SSSR count). The van der Waals surface area contributed by atoms with Crippen molar-refractivity contribution in [1.82, 2.24) is 0 Å². The summed E-state index contributed by atoms with van der Waals surface area (Å²) < 4.78 is 21.5. The van der Waals surface area contributed by atoms with Crippen molar-refractivity contribution in [2.45, 2.75) is 6.10 Å². The summed E-state index contributed by atoms with van der Waals surface area (Å²) >= 11 is 4.12. The third-order valence-electron chi connectivity index (χ3n) is 1.89. The van der Waals surface area contributed by atoms with Crippen molar-refractivity contribution in [1.29, 1.82) is 0 Å². The van der Waals surface area contributed by atoms with E-state index in [1.807, 2.05) is 14.3 Å². The Balaban J connectivity index is 0.00000121. The first kappa shape index (κ1) is 17.7. The Hall–Kier alpha value is 0.687. The van der Waals surface area contributed by atoms with Gasteiger partial charge in [-0.15, -0.1) is 5.73 Å². The molecule has 0 aliphatic carbocycles. The molecular weight excluding hydrogens is 330 g/mol. The van der Waals surface area contributed by atoms with Gasteiger partial charge < -0.3 is 18.9 Å². The van der Waals surface area contributed by atoms with Crippen molar-refractivity contribution in [2.75, 3.05) is 46.2 Å². The van der Waals surface area contributed by atoms with Gasteiger partial charge in [0.2, 0.25) is 0 Å². The number of hydrogen-bond donors (Lipinski definition) is 0. The molecule has 1 atom stereocenters. The molecule has 0 aromatic heterocycles. The van der Waals surface area contributed by atoms with E-state index >= 15 is 0 Å². The van der Waals surface area contributed by atoms with E-state index in [4.69, 9.17) is 18.9 Å². The van der Waals surface area contributed by atoms with E-state index in [9.17, 15) is 0 Å². The fraction of sp³-hybridized carbons (Fsp3) is 0.727. The van der Waals surface area contributed by atoms with Crippen LogP contribution in [0.15, 0.2) is 18.4 Å². The second-order valence-electron chi connectivity index (χ2n) is 3.08. The number of halogens is 1. The van der Waals surface area contributed by atoms with Gasteiger partial charge in [0.25, 0.3) is 0 Å². The summed E-state index contributed by atoms with van der Waals surface area (Å²) in [4.78, 5) is 0. The van der Waals surface area contributed by atoms with Gasteiger partial charge in [0.1, 0.15) is 6.10 Å². The van der Waals surface area contributed by atoms with E-state index in [0.717, 1.165) is 0 Å². The molecule has 0 radical (unpaired) electrons. The number of rotatable bonds is 1. The van der Waals surface area contributed by atoms with Gasteiger partial charge in [-0.2, -0.15) is 0 Å². The van der Waals surface area contributed by atoms with Gasteiger partial charge in [0, 0.05) is 0 Å². The topological polar surface area (TPSA) is 36.9 Å². The van der Waals surface area contributed by atoms with Crippen LogP contribution in [0.2, 0.25) is 0 Å². The Morgan fingerprint density at radius 3 is 2.12 bits per heavy atom. The molecule has 0 bridgehead atoms. The van der Waals surface area contributed by atoms with Gasteiger partial charge in [-0.1, -0.05) is 6.58 Å². The molecule has 1 aliphatic heterocycles. The summed E-state index contributed by atoms with van der Waals surface area (Å²) in [5.74, 6) is 0. The Kier molecular flexibility index (Phi) is 15.3. The first-order valence-electron chi connectivity index (χ1n) is 5.52. The van der Waals surface area contributed by atoms with Crippen molar-refractivity contribution in [2.24, 2.45) is 0 Å². The van der Waals surface area contributed by atoms with E-state index in [1.54, 1.807) is 6.08 Å². The van der Waals surface area contributed by atoms with Crippen molar-refractivity contribution in [3.05, 3.63) is 18.4 Å². The normalized spacial score (nSPS) is 23.1. The fourth-order valence-corrected chi connectivity index (χ4v) is 1.17. The first-order valence-corrected chi connectivity index (χ1v) is 7.68. The van der Waals surface area contributed by atoms with Crippen molar-refractivity contribution < 1.29 is 18.9 Å². The van der Waals surface area contributed by atoms with Crippen LogP contribution in [0.1, 0.15) is 0 Å². The third-order valence-corrected chi connectivity index (χ3v) is 1.89. The Morgan fingerprint density at radius 1 is 1.00 bits per heavy atom. The molecule has 1 fully saturated rings. The van der Waals surface area contributed by atoms with Gasteiger partial charge in [-0.25, -0.2) is 0 Å². The second kappa shape index (κ2) is 14.7. The number of hydrogen-bond acceptors (Lipinski definition) is 4. The summed E-state index contributed by atoms with van der Waals surface area (Å²) in [6.45, 7) is 7.52. The summed E-state index contributed by atoms with van der Waals surface area (Å²) in [7, 11) is 0.